The Morgan fingerprint density at radius 3 is 1.09 bits per heavy atom. The molecule has 3 aromatic carbocycles. The lowest BCUT2D eigenvalue weighted by molar-refractivity contribution is -0.120. The van der Waals surface area contributed by atoms with Gasteiger partial charge in [-0.3, -0.25) is 28.4 Å². The van der Waals surface area contributed by atoms with E-state index in [-0.39, 0.29) is 30.0 Å². The predicted molar refractivity (Wildman–Crippen MR) is 520 cm³/mol. The summed E-state index contributed by atoms with van der Waals surface area (Å²) in [5, 5.41) is 25.5. The van der Waals surface area contributed by atoms with E-state index in [1.165, 1.54) is 0 Å². The summed E-state index contributed by atoms with van der Waals surface area (Å²) in [5.74, 6) is 4.65. The number of anilines is 3. The van der Waals surface area contributed by atoms with E-state index in [1.807, 2.05) is 145 Å². The van der Waals surface area contributed by atoms with Gasteiger partial charge in [0.15, 0.2) is 0 Å². The van der Waals surface area contributed by atoms with E-state index in [1.54, 1.807) is 45.2 Å². The first-order valence-corrected chi connectivity index (χ1v) is 45.8. The van der Waals surface area contributed by atoms with Crippen molar-refractivity contribution >= 4 is 80.6 Å². The molecule has 12 heterocycles. The molecular weight excluding hydrogens is 1670 g/mol. The number of carbonyl (C=O) groups is 5. The Morgan fingerprint density at radius 1 is 0.455 bits per heavy atom. The molecule has 15 rings (SSSR count). The van der Waals surface area contributed by atoms with Gasteiger partial charge in [0.05, 0.1) is 56.6 Å². The molecule has 32 heteroatoms. The highest BCUT2D eigenvalue weighted by Crippen LogP contribution is 2.41. The monoisotopic (exact) mass is 1810 g/mol. The second-order valence-electron chi connectivity index (χ2n) is 36.4. The van der Waals surface area contributed by atoms with E-state index >= 15 is 0 Å². The Kier molecular flexibility index (Phi) is 31.6. The van der Waals surface area contributed by atoms with Gasteiger partial charge in [-0.15, -0.1) is 15.3 Å². The molecule has 3 saturated heterocycles. The average Bonchev–Trinajstić information content (AvgIpc) is 1.59. The molecule has 706 valence electrons. The van der Waals surface area contributed by atoms with Crippen LogP contribution >= 0.6 is 0 Å². The van der Waals surface area contributed by atoms with Gasteiger partial charge < -0.3 is 88.3 Å². The predicted octanol–water partition coefficient (Wildman–Crippen LogP) is 16.2. The summed E-state index contributed by atoms with van der Waals surface area (Å²) >= 11 is 0. The number of amides is 4. The van der Waals surface area contributed by atoms with Crippen molar-refractivity contribution in [2.75, 3.05) is 115 Å². The molecule has 4 amide bonds. The van der Waals surface area contributed by atoms with Gasteiger partial charge in [-0.1, -0.05) is 20.8 Å². The molecule has 132 heavy (non-hydrogen) atoms. The summed E-state index contributed by atoms with van der Waals surface area (Å²) < 4.78 is 44.5. The van der Waals surface area contributed by atoms with Crippen molar-refractivity contribution in [3.63, 3.8) is 0 Å². The summed E-state index contributed by atoms with van der Waals surface area (Å²) in [4.78, 5) is 88.2. The molecule has 0 spiro atoms. The number of methoxy groups -OCH3 is 3. The van der Waals surface area contributed by atoms with Gasteiger partial charge in [0.1, 0.15) is 34.4 Å². The number of hydrogen-bond acceptors (Lipinski definition) is 22. The van der Waals surface area contributed by atoms with Gasteiger partial charge in [-0.05, 0) is 229 Å². The number of nitrogens with zero attached hydrogens (tertiary/aromatic N) is 17. The summed E-state index contributed by atoms with van der Waals surface area (Å²) in [5.41, 5.74) is 23.5. The first-order valence-electron chi connectivity index (χ1n) is 45.8. The standard InChI is InChI=1S/C35H47N7O4.C30H39N7O2.C28H36N4O4.C7H13N3O/c1-10-23(3)42-21-22(2)31-27(32(43)37-20-28-24(4)39(8)38-33(28)45-9)17-26(18-29(31)42)25-11-12-30(36-19-25)40-13-15-41(16-14-40)34(44)46-35(5,6)7;1-7-20(3)37-18-19(2)28-24(29(38)33-17-25-21(4)35(5)34-30(25)39-6)14-23(15-26(28)37)22-8-9-27(32-16-22)36-12-10-31-11-13-36;1-7-20(3)32-17-19(2)26-23(32)14-22(15-24(26)35-18-33)21-8-9-25(29-16-21)30-10-12-31(13-11-30)27(34)36-28(4,5)6;1-5-6(4-8)7(11-3)9-10(5)2/h11-12,17-19,21,23H,10,13-16,20H2,1-9H3,(H,37,43);8-9,14-16,18,20,31H,7,10-13,17H2,1-6H3,(H,33,38);8-9,14-18,20H,7,10-13H2,1-6H3;4,8H2,1-3H3. The normalized spacial score (nSPS) is 14.3. The van der Waals surface area contributed by atoms with E-state index in [9.17, 15) is 24.0 Å². The Labute approximate surface area is 775 Å². The first-order chi connectivity index (χ1) is 62.9. The fraction of sp³-hybridized carbons (Fsp3) is 0.470. The topological polar surface area (TPSA) is 326 Å². The second-order valence-corrected chi connectivity index (χ2v) is 36.4. The van der Waals surface area contributed by atoms with Crippen molar-refractivity contribution in [2.24, 2.45) is 26.9 Å². The van der Waals surface area contributed by atoms with Crippen molar-refractivity contribution in [1.82, 2.24) is 83.7 Å². The molecule has 0 bridgehead atoms. The average molecular weight is 1810 g/mol. The molecule has 5 N–H and O–H groups in total. The highest BCUT2D eigenvalue weighted by atomic mass is 16.6. The number of carbonyl (C=O) groups excluding carboxylic acids is 5. The largest absolute Gasteiger partial charge is 0.480 e. The molecule has 32 nitrogen and oxygen atoms in total. The molecule has 3 aliphatic heterocycles. The Hall–Kier alpha value is -13.0. The molecule has 3 fully saturated rings. The van der Waals surface area contributed by atoms with Crippen LogP contribution < -0.4 is 55.3 Å². The van der Waals surface area contributed by atoms with Crippen LogP contribution in [0, 0.1) is 41.5 Å². The fourth-order valence-corrected chi connectivity index (χ4v) is 16.9. The molecule has 3 aliphatic rings. The maximum atomic E-state index is 13.9. The van der Waals surface area contributed by atoms with Crippen molar-refractivity contribution in [3.8, 4) is 56.8 Å². The summed E-state index contributed by atoms with van der Waals surface area (Å²) in [6.45, 7) is 46.9. The van der Waals surface area contributed by atoms with Crippen molar-refractivity contribution < 1.29 is 52.4 Å². The molecule has 3 atom stereocenters. The lowest BCUT2D eigenvalue weighted by Crippen LogP contribution is -2.50. The van der Waals surface area contributed by atoms with E-state index in [2.05, 4.69) is 170 Å². The molecule has 9 aromatic heterocycles. The Bertz CT molecular complexity index is 6040. The molecule has 0 aliphatic carbocycles. The molecule has 3 unspecified atom stereocenters. The maximum absolute atomic E-state index is 13.9. The maximum Gasteiger partial charge on any atom is 0.410 e. The van der Waals surface area contributed by atoms with E-state index in [0.29, 0.717) is 125 Å². The van der Waals surface area contributed by atoms with Crippen LogP contribution in [0.3, 0.4) is 0 Å². The lowest BCUT2D eigenvalue weighted by atomic mass is 9.98. The number of ether oxygens (including phenoxy) is 6. The number of rotatable bonds is 24. The number of piperazine rings is 3. The highest BCUT2D eigenvalue weighted by Gasteiger charge is 2.31. The minimum atomic E-state index is -0.518. The van der Waals surface area contributed by atoms with E-state index < -0.39 is 11.2 Å². The molecule has 0 radical (unpaired) electrons. The van der Waals surface area contributed by atoms with E-state index in [0.717, 1.165) is 179 Å². The molecule has 0 saturated carbocycles. The van der Waals surface area contributed by atoms with Gasteiger partial charge in [0, 0.05) is 234 Å². The van der Waals surface area contributed by atoms with Crippen LogP contribution in [0.1, 0.15) is 192 Å². The molecule has 12 aromatic rings. The zero-order valence-corrected chi connectivity index (χ0v) is 81.6. The summed E-state index contributed by atoms with van der Waals surface area (Å²) in [6, 6.07) is 25.6. The SMILES string of the molecule is CCC(C)n1cc(C)c2c(C(=O)NCc3c(OC)nn(C)c3C)cc(-c3ccc(N4CCN(C(=O)OC(C)(C)C)CC4)nc3)cc21.CCC(C)n1cc(C)c2c(C(=O)NCc3c(OC)nn(C)c3C)cc(-c3ccc(N4CCNCC4)nc3)cc21.CCC(C)n1cc(C)c2c(OC=O)cc(-c3ccc(N4CCN(C(=O)OC(C)(C)C)CC4)nc3)cc21.COc1nn(C)c(C)c1CN. The minimum absolute atomic E-state index is 0.123. The van der Waals surface area contributed by atoms with Crippen LogP contribution in [0.4, 0.5) is 27.0 Å². The second kappa shape index (κ2) is 42.5. The van der Waals surface area contributed by atoms with Crippen molar-refractivity contribution in [2.45, 2.75) is 193 Å². The Balaban J connectivity index is 0.000000170. The van der Waals surface area contributed by atoms with Crippen molar-refractivity contribution in [3.05, 3.63) is 172 Å². The van der Waals surface area contributed by atoms with Crippen LogP contribution in [0.2, 0.25) is 0 Å². The third kappa shape index (κ3) is 22.3. The quantitative estimate of drug-likeness (QED) is 0.0408. The smallest absolute Gasteiger partial charge is 0.410 e. The van der Waals surface area contributed by atoms with Gasteiger partial charge in [-0.2, -0.15) is 0 Å². The summed E-state index contributed by atoms with van der Waals surface area (Å²) in [6.07, 6.45) is 14.5. The lowest BCUT2D eigenvalue weighted by Gasteiger charge is -2.36. The number of hydrogen-bond donors (Lipinski definition) is 4. The van der Waals surface area contributed by atoms with Crippen LogP contribution in [-0.2, 0) is 55.0 Å². The number of nitrogens with two attached hydrogens (primary N) is 1. The van der Waals surface area contributed by atoms with Crippen molar-refractivity contribution in [1.29, 1.82) is 0 Å². The highest BCUT2D eigenvalue weighted by molar-refractivity contribution is 6.11. The van der Waals surface area contributed by atoms with Crippen LogP contribution in [0.25, 0.3) is 66.1 Å². The van der Waals surface area contributed by atoms with Crippen LogP contribution in [0.5, 0.6) is 23.4 Å². The van der Waals surface area contributed by atoms with Gasteiger partial charge in [0.25, 0.3) is 18.3 Å². The number of aromatic nitrogens is 12. The molecular formula is C100H135N21O11. The third-order valence-corrected chi connectivity index (χ3v) is 25.3. The number of pyridine rings is 3. The van der Waals surface area contributed by atoms with Gasteiger partial charge in [-0.25, -0.2) is 24.5 Å². The zero-order chi connectivity index (χ0) is 95.5. The van der Waals surface area contributed by atoms with Gasteiger partial charge in [0.2, 0.25) is 17.6 Å². The summed E-state index contributed by atoms with van der Waals surface area (Å²) in [7, 11) is 10.4. The minimum Gasteiger partial charge on any atom is -0.480 e. The number of fused-ring (bicyclic) bond motifs is 3. The first kappa shape index (κ1) is 98.1. The number of benzene rings is 3. The van der Waals surface area contributed by atoms with Gasteiger partial charge >= 0.3 is 12.2 Å². The van der Waals surface area contributed by atoms with E-state index in [4.69, 9.17) is 49.1 Å². The van der Waals surface area contributed by atoms with Crippen LogP contribution in [-0.4, -0.2) is 209 Å². The number of nitrogens with one attached hydrogen (secondary N) is 3. The fourth-order valence-electron chi connectivity index (χ4n) is 16.9. The Morgan fingerprint density at radius 2 is 0.780 bits per heavy atom. The third-order valence-electron chi connectivity index (χ3n) is 25.3. The van der Waals surface area contributed by atoms with Crippen LogP contribution in [0.15, 0.2) is 110 Å². The number of aryl methyl sites for hydroxylation is 6. The zero-order valence-electron chi connectivity index (χ0n) is 81.6.